The molecule has 4 heteroatoms. The first-order chi connectivity index (χ1) is 7.52. The Morgan fingerprint density at radius 1 is 1.19 bits per heavy atom. The van der Waals surface area contributed by atoms with Crippen molar-refractivity contribution in [1.82, 2.24) is 5.32 Å². The number of nitrogens with zero attached hydrogens (tertiary/aromatic N) is 1. The summed E-state index contributed by atoms with van der Waals surface area (Å²) in [5.41, 5.74) is 2.56. The summed E-state index contributed by atoms with van der Waals surface area (Å²) in [7, 11) is 0. The summed E-state index contributed by atoms with van der Waals surface area (Å²) in [6, 6.07) is 4.93. The van der Waals surface area contributed by atoms with Crippen LogP contribution in [0.25, 0.3) is 0 Å². The molecule has 16 heavy (non-hydrogen) atoms. The number of amides is 3. The molecule has 84 valence electrons. The molecular formula is C12H14N2O2. The number of aryl methyl sites for hydroxylation is 2. The van der Waals surface area contributed by atoms with E-state index in [4.69, 9.17) is 0 Å². The number of benzene rings is 1. The Hall–Kier alpha value is -1.84. The molecule has 1 aromatic rings. The minimum atomic E-state index is -0.438. The van der Waals surface area contributed by atoms with Crippen LogP contribution in [0.4, 0.5) is 10.5 Å². The van der Waals surface area contributed by atoms with Gasteiger partial charge in [0.2, 0.25) is 0 Å². The van der Waals surface area contributed by atoms with Gasteiger partial charge in [0.25, 0.3) is 5.91 Å². The Labute approximate surface area is 94.2 Å². The molecule has 0 radical (unpaired) electrons. The third-order valence-corrected chi connectivity index (χ3v) is 2.80. The van der Waals surface area contributed by atoms with Crippen molar-refractivity contribution < 1.29 is 9.59 Å². The third-order valence-electron chi connectivity index (χ3n) is 2.80. The number of carbonyl (C=O) groups is 2. The van der Waals surface area contributed by atoms with Crippen LogP contribution in [-0.2, 0) is 4.79 Å². The highest BCUT2D eigenvalue weighted by Crippen LogP contribution is 2.27. The summed E-state index contributed by atoms with van der Waals surface area (Å²) in [5.74, 6) is -0.192. The first-order valence-corrected chi connectivity index (χ1v) is 5.23. The van der Waals surface area contributed by atoms with Gasteiger partial charge < -0.3 is 5.32 Å². The molecule has 1 atom stereocenters. The maximum Gasteiger partial charge on any atom is 0.329 e. The van der Waals surface area contributed by atoms with E-state index >= 15 is 0 Å². The normalized spacial score (nSPS) is 20.2. The molecule has 3 amide bonds. The molecule has 1 aliphatic heterocycles. The number of urea groups is 1. The zero-order valence-electron chi connectivity index (χ0n) is 9.57. The fourth-order valence-electron chi connectivity index (χ4n) is 1.98. The van der Waals surface area contributed by atoms with Crippen molar-refractivity contribution in [3.05, 3.63) is 29.3 Å². The monoisotopic (exact) mass is 218 g/mol. The molecule has 0 bridgehead atoms. The van der Waals surface area contributed by atoms with Crippen LogP contribution < -0.4 is 10.2 Å². The Bertz CT molecular complexity index is 448. The smallest absolute Gasteiger partial charge is 0.326 e. The van der Waals surface area contributed by atoms with E-state index in [1.54, 1.807) is 6.92 Å². The van der Waals surface area contributed by atoms with Gasteiger partial charge in [-0.1, -0.05) is 18.2 Å². The Balaban J connectivity index is 2.53. The van der Waals surface area contributed by atoms with Gasteiger partial charge in [-0.2, -0.15) is 0 Å². The molecule has 1 heterocycles. The van der Waals surface area contributed by atoms with Gasteiger partial charge in [0.15, 0.2) is 0 Å². The second kappa shape index (κ2) is 3.63. The number of imide groups is 1. The van der Waals surface area contributed by atoms with Gasteiger partial charge in [0.05, 0.1) is 5.69 Å². The Morgan fingerprint density at radius 3 is 2.19 bits per heavy atom. The van der Waals surface area contributed by atoms with Gasteiger partial charge in [-0.15, -0.1) is 0 Å². The van der Waals surface area contributed by atoms with Gasteiger partial charge in [0, 0.05) is 0 Å². The summed E-state index contributed by atoms with van der Waals surface area (Å²) in [6.07, 6.45) is 0. The van der Waals surface area contributed by atoms with Gasteiger partial charge in [0.1, 0.15) is 6.04 Å². The average molecular weight is 218 g/mol. The maximum absolute atomic E-state index is 11.9. The van der Waals surface area contributed by atoms with Crippen molar-refractivity contribution in [2.24, 2.45) is 0 Å². The largest absolute Gasteiger partial charge is 0.329 e. The van der Waals surface area contributed by atoms with Gasteiger partial charge in [-0.3, -0.25) is 4.79 Å². The van der Waals surface area contributed by atoms with Crippen LogP contribution in [0.5, 0.6) is 0 Å². The molecule has 1 unspecified atom stereocenters. The number of rotatable bonds is 1. The van der Waals surface area contributed by atoms with Crippen molar-refractivity contribution in [2.75, 3.05) is 4.90 Å². The molecule has 0 saturated carbocycles. The van der Waals surface area contributed by atoms with Gasteiger partial charge in [-0.05, 0) is 31.9 Å². The van der Waals surface area contributed by atoms with E-state index in [1.807, 2.05) is 32.0 Å². The summed E-state index contributed by atoms with van der Waals surface area (Å²) in [6.45, 7) is 5.48. The summed E-state index contributed by atoms with van der Waals surface area (Å²) < 4.78 is 0. The Morgan fingerprint density at radius 2 is 1.75 bits per heavy atom. The van der Waals surface area contributed by atoms with Crippen LogP contribution in [0.15, 0.2) is 18.2 Å². The minimum absolute atomic E-state index is 0.192. The molecule has 0 spiro atoms. The highest BCUT2D eigenvalue weighted by Gasteiger charge is 2.37. The van der Waals surface area contributed by atoms with E-state index in [9.17, 15) is 9.59 Å². The van der Waals surface area contributed by atoms with E-state index in [2.05, 4.69) is 5.32 Å². The predicted octanol–water partition coefficient (Wildman–Crippen LogP) is 1.75. The van der Waals surface area contributed by atoms with E-state index in [1.165, 1.54) is 4.90 Å². The zero-order valence-corrected chi connectivity index (χ0v) is 9.57. The Kier molecular flexibility index (Phi) is 2.42. The SMILES string of the molecule is Cc1cccc(C)c1N1C(=O)NC(C)C1=O. The molecule has 1 aromatic carbocycles. The third kappa shape index (κ3) is 1.46. The van der Waals surface area contributed by atoms with Crippen LogP contribution in [0, 0.1) is 13.8 Å². The first kappa shape index (κ1) is 10.7. The first-order valence-electron chi connectivity index (χ1n) is 5.23. The van der Waals surface area contributed by atoms with Gasteiger partial charge >= 0.3 is 6.03 Å². The molecular weight excluding hydrogens is 204 g/mol. The molecule has 2 rings (SSSR count). The fraction of sp³-hybridized carbons (Fsp3) is 0.333. The van der Waals surface area contributed by atoms with Crippen molar-refractivity contribution in [1.29, 1.82) is 0 Å². The fourth-order valence-corrected chi connectivity index (χ4v) is 1.98. The lowest BCUT2D eigenvalue weighted by Gasteiger charge is -2.17. The van der Waals surface area contributed by atoms with Crippen LogP contribution in [0.3, 0.4) is 0 Å². The maximum atomic E-state index is 11.9. The number of para-hydroxylation sites is 1. The molecule has 1 saturated heterocycles. The van der Waals surface area contributed by atoms with Crippen molar-refractivity contribution in [3.63, 3.8) is 0 Å². The van der Waals surface area contributed by atoms with E-state index in [-0.39, 0.29) is 11.9 Å². The van der Waals surface area contributed by atoms with Gasteiger partial charge in [-0.25, -0.2) is 9.69 Å². The molecule has 0 aliphatic carbocycles. The van der Waals surface area contributed by atoms with E-state index < -0.39 is 6.04 Å². The summed E-state index contributed by atoms with van der Waals surface area (Å²) in [5, 5.41) is 2.61. The number of anilines is 1. The quantitative estimate of drug-likeness (QED) is 0.730. The van der Waals surface area contributed by atoms with E-state index in [0.29, 0.717) is 5.69 Å². The molecule has 4 nitrogen and oxygen atoms in total. The highest BCUT2D eigenvalue weighted by molar-refractivity contribution is 6.21. The number of hydrogen-bond donors (Lipinski definition) is 1. The standard InChI is InChI=1S/C12H14N2O2/c1-7-5-4-6-8(2)10(7)14-11(15)9(3)13-12(14)16/h4-6,9H,1-3H3,(H,13,16). The number of hydrogen-bond acceptors (Lipinski definition) is 2. The van der Waals surface area contributed by atoms with Crippen LogP contribution in [0.2, 0.25) is 0 Å². The lowest BCUT2D eigenvalue weighted by Crippen LogP contribution is -2.32. The molecule has 1 N–H and O–H groups in total. The predicted molar refractivity (Wildman–Crippen MR) is 61.4 cm³/mol. The highest BCUT2D eigenvalue weighted by atomic mass is 16.2. The molecule has 1 fully saturated rings. The lowest BCUT2D eigenvalue weighted by molar-refractivity contribution is -0.117. The molecule has 1 aliphatic rings. The van der Waals surface area contributed by atoms with E-state index in [0.717, 1.165) is 11.1 Å². The summed E-state index contributed by atoms with van der Waals surface area (Å²) in [4.78, 5) is 24.8. The van der Waals surface area contributed by atoms with Crippen LogP contribution >= 0.6 is 0 Å². The van der Waals surface area contributed by atoms with Crippen molar-refractivity contribution in [2.45, 2.75) is 26.8 Å². The number of carbonyl (C=O) groups excluding carboxylic acids is 2. The van der Waals surface area contributed by atoms with Crippen LogP contribution in [0.1, 0.15) is 18.1 Å². The minimum Gasteiger partial charge on any atom is -0.326 e. The van der Waals surface area contributed by atoms with Crippen molar-refractivity contribution >= 4 is 17.6 Å². The second-order valence-corrected chi connectivity index (χ2v) is 4.09. The zero-order chi connectivity index (χ0) is 11.9. The lowest BCUT2D eigenvalue weighted by atomic mass is 10.1. The number of nitrogens with one attached hydrogen (secondary N) is 1. The summed E-state index contributed by atoms with van der Waals surface area (Å²) >= 11 is 0. The average Bonchev–Trinajstić information content (AvgIpc) is 2.44. The van der Waals surface area contributed by atoms with Crippen LogP contribution in [-0.4, -0.2) is 18.0 Å². The topological polar surface area (TPSA) is 49.4 Å². The second-order valence-electron chi connectivity index (χ2n) is 4.09. The van der Waals surface area contributed by atoms with Crippen molar-refractivity contribution in [3.8, 4) is 0 Å². The molecule has 0 aromatic heterocycles.